The molecule has 1 unspecified atom stereocenters. The third-order valence-corrected chi connectivity index (χ3v) is 3.46. The van der Waals surface area contributed by atoms with Gasteiger partial charge in [0.1, 0.15) is 0 Å². The number of fused-ring (bicyclic) bond motifs is 1. The molecule has 0 aliphatic heterocycles. The van der Waals surface area contributed by atoms with Gasteiger partial charge in [-0.3, -0.25) is 0 Å². The van der Waals surface area contributed by atoms with Gasteiger partial charge in [-0.05, 0) is 24.0 Å². The molecule has 0 amide bonds. The second-order valence-electron chi connectivity index (χ2n) is 3.56. The predicted molar refractivity (Wildman–Crippen MR) is 62.7 cm³/mol. The highest BCUT2D eigenvalue weighted by Gasteiger charge is 2.10. The van der Waals surface area contributed by atoms with Crippen molar-refractivity contribution in [2.75, 3.05) is 5.73 Å². The van der Waals surface area contributed by atoms with E-state index in [4.69, 9.17) is 5.73 Å². The van der Waals surface area contributed by atoms with Crippen LogP contribution in [0.3, 0.4) is 0 Å². The summed E-state index contributed by atoms with van der Waals surface area (Å²) in [6.45, 7) is 4.42. The fourth-order valence-electron chi connectivity index (χ4n) is 1.60. The summed E-state index contributed by atoms with van der Waals surface area (Å²) in [5.41, 5.74) is 8.11. The molecule has 1 heterocycles. The highest BCUT2D eigenvalue weighted by atomic mass is 32.1. The van der Waals surface area contributed by atoms with Crippen LogP contribution >= 0.6 is 11.3 Å². The lowest BCUT2D eigenvalue weighted by Gasteiger charge is -2.08. The normalized spacial score (nSPS) is 13.3. The first kappa shape index (κ1) is 9.46. The summed E-state index contributed by atoms with van der Waals surface area (Å²) in [4.78, 5) is 4.38. The molecule has 0 aliphatic rings. The molecule has 14 heavy (non-hydrogen) atoms. The number of benzene rings is 1. The molecule has 74 valence electrons. The lowest BCUT2D eigenvalue weighted by Crippen LogP contribution is -1.92. The Kier molecular flexibility index (Phi) is 2.42. The predicted octanol–water partition coefficient (Wildman–Crippen LogP) is 3.39. The van der Waals surface area contributed by atoms with Crippen LogP contribution in [0, 0.1) is 0 Å². The molecular weight excluding hydrogens is 192 g/mol. The Hall–Kier alpha value is -1.09. The number of hydrogen-bond donors (Lipinski definition) is 1. The van der Waals surface area contributed by atoms with Crippen molar-refractivity contribution in [3.05, 3.63) is 23.8 Å². The van der Waals surface area contributed by atoms with Gasteiger partial charge in [-0.25, -0.2) is 4.98 Å². The zero-order valence-corrected chi connectivity index (χ0v) is 9.27. The van der Waals surface area contributed by atoms with Crippen molar-refractivity contribution in [1.29, 1.82) is 0 Å². The molecule has 3 heteroatoms. The molecule has 2 aromatic rings. The van der Waals surface area contributed by atoms with Crippen molar-refractivity contribution in [3.63, 3.8) is 0 Å². The Morgan fingerprint density at radius 2 is 2.29 bits per heavy atom. The molecule has 0 saturated heterocycles. The first-order valence-corrected chi connectivity index (χ1v) is 5.69. The number of nitrogens with zero attached hydrogens (tertiary/aromatic N) is 1. The molecule has 0 bridgehead atoms. The van der Waals surface area contributed by atoms with E-state index in [1.54, 1.807) is 11.3 Å². The Labute approximate surface area is 87.8 Å². The first-order valence-electron chi connectivity index (χ1n) is 4.87. The smallest absolute Gasteiger partial charge is 0.181 e. The van der Waals surface area contributed by atoms with Crippen LogP contribution in [0.5, 0.6) is 0 Å². The third kappa shape index (κ3) is 1.48. The SMILES string of the molecule is CCC(C)c1cccc2sc(N)nc12. The summed E-state index contributed by atoms with van der Waals surface area (Å²) in [7, 11) is 0. The van der Waals surface area contributed by atoms with Crippen molar-refractivity contribution < 1.29 is 0 Å². The fraction of sp³-hybridized carbons (Fsp3) is 0.364. The highest BCUT2D eigenvalue weighted by molar-refractivity contribution is 7.22. The van der Waals surface area contributed by atoms with Crippen molar-refractivity contribution >= 4 is 26.7 Å². The molecule has 0 saturated carbocycles. The van der Waals surface area contributed by atoms with E-state index in [0.717, 1.165) is 11.9 Å². The van der Waals surface area contributed by atoms with Gasteiger partial charge in [0.05, 0.1) is 10.2 Å². The van der Waals surface area contributed by atoms with Gasteiger partial charge in [-0.1, -0.05) is 37.3 Å². The molecule has 1 aromatic heterocycles. The molecule has 0 spiro atoms. The van der Waals surface area contributed by atoms with Crippen LogP contribution < -0.4 is 5.73 Å². The number of para-hydroxylation sites is 1. The maximum Gasteiger partial charge on any atom is 0.181 e. The largest absolute Gasteiger partial charge is 0.375 e. The Bertz CT molecular complexity index is 447. The van der Waals surface area contributed by atoms with Gasteiger partial charge in [-0.15, -0.1) is 0 Å². The standard InChI is InChI=1S/C11H14N2S/c1-3-7(2)8-5-4-6-9-10(8)13-11(12)14-9/h4-7H,3H2,1-2H3,(H2,12,13). The van der Waals surface area contributed by atoms with Crippen molar-refractivity contribution in [2.24, 2.45) is 0 Å². The van der Waals surface area contributed by atoms with Gasteiger partial charge in [0.2, 0.25) is 0 Å². The summed E-state index contributed by atoms with van der Waals surface area (Å²) in [5.74, 6) is 0.556. The van der Waals surface area contributed by atoms with Crippen LogP contribution in [0.25, 0.3) is 10.2 Å². The molecule has 0 radical (unpaired) electrons. The van der Waals surface area contributed by atoms with Crippen LogP contribution in [-0.2, 0) is 0 Å². The second-order valence-corrected chi connectivity index (χ2v) is 4.62. The van der Waals surface area contributed by atoms with Crippen molar-refractivity contribution in [1.82, 2.24) is 4.98 Å². The van der Waals surface area contributed by atoms with Crippen LogP contribution in [-0.4, -0.2) is 4.98 Å². The number of nitrogen functional groups attached to an aromatic ring is 1. The van der Waals surface area contributed by atoms with Crippen LogP contribution in [0.15, 0.2) is 18.2 Å². The van der Waals surface area contributed by atoms with Gasteiger partial charge in [-0.2, -0.15) is 0 Å². The first-order chi connectivity index (χ1) is 6.72. The monoisotopic (exact) mass is 206 g/mol. The van der Waals surface area contributed by atoms with Crippen LogP contribution in [0.1, 0.15) is 31.7 Å². The molecule has 1 aromatic carbocycles. The lowest BCUT2D eigenvalue weighted by atomic mass is 9.98. The van der Waals surface area contributed by atoms with E-state index < -0.39 is 0 Å². The number of thiazole rings is 1. The topological polar surface area (TPSA) is 38.9 Å². The zero-order chi connectivity index (χ0) is 10.1. The minimum absolute atomic E-state index is 0.556. The van der Waals surface area contributed by atoms with Gasteiger partial charge in [0.15, 0.2) is 5.13 Å². The number of anilines is 1. The molecule has 2 rings (SSSR count). The van der Waals surface area contributed by atoms with E-state index in [9.17, 15) is 0 Å². The van der Waals surface area contributed by atoms with E-state index in [-0.39, 0.29) is 0 Å². The molecule has 0 fully saturated rings. The quantitative estimate of drug-likeness (QED) is 0.818. The number of rotatable bonds is 2. The average Bonchev–Trinajstić information content (AvgIpc) is 2.56. The summed E-state index contributed by atoms with van der Waals surface area (Å²) < 4.78 is 1.19. The molecule has 1 atom stereocenters. The van der Waals surface area contributed by atoms with Gasteiger partial charge in [0.25, 0.3) is 0 Å². The molecule has 2 N–H and O–H groups in total. The second kappa shape index (κ2) is 3.58. The maximum absolute atomic E-state index is 5.71. The number of aromatic nitrogens is 1. The Morgan fingerprint density at radius 3 is 3.00 bits per heavy atom. The minimum Gasteiger partial charge on any atom is -0.375 e. The van der Waals surface area contributed by atoms with Crippen molar-refractivity contribution in [2.45, 2.75) is 26.2 Å². The molecular formula is C11H14N2S. The van der Waals surface area contributed by atoms with E-state index >= 15 is 0 Å². The number of hydrogen-bond acceptors (Lipinski definition) is 3. The van der Waals surface area contributed by atoms with Gasteiger partial charge < -0.3 is 5.73 Å². The van der Waals surface area contributed by atoms with E-state index in [0.29, 0.717) is 11.0 Å². The maximum atomic E-state index is 5.71. The Morgan fingerprint density at radius 1 is 1.50 bits per heavy atom. The van der Waals surface area contributed by atoms with Crippen LogP contribution in [0.2, 0.25) is 0 Å². The van der Waals surface area contributed by atoms with E-state index in [1.165, 1.54) is 10.3 Å². The molecule has 0 aliphatic carbocycles. The van der Waals surface area contributed by atoms with E-state index in [2.05, 4.69) is 37.0 Å². The van der Waals surface area contributed by atoms with Crippen molar-refractivity contribution in [3.8, 4) is 0 Å². The molecule has 2 nitrogen and oxygen atoms in total. The zero-order valence-electron chi connectivity index (χ0n) is 8.45. The average molecular weight is 206 g/mol. The lowest BCUT2D eigenvalue weighted by molar-refractivity contribution is 0.738. The summed E-state index contributed by atoms with van der Waals surface area (Å²) in [6.07, 6.45) is 1.14. The highest BCUT2D eigenvalue weighted by Crippen LogP contribution is 2.31. The minimum atomic E-state index is 0.556. The third-order valence-electron chi connectivity index (χ3n) is 2.61. The van der Waals surface area contributed by atoms with E-state index in [1.807, 2.05) is 0 Å². The summed E-state index contributed by atoms with van der Waals surface area (Å²) in [5, 5.41) is 0.663. The number of nitrogens with two attached hydrogens (primary N) is 1. The summed E-state index contributed by atoms with van der Waals surface area (Å²) in [6, 6.07) is 6.31. The Balaban J connectivity index is 2.64. The van der Waals surface area contributed by atoms with Crippen LogP contribution in [0.4, 0.5) is 5.13 Å². The summed E-state index contributed by atoms with van der Waals surface area (Å²) >= 11 is 1.56. The van der Waals surface area contributed by atoms with Gasteiger partial charge >= 0.3 is 0 Å². The van der Waals surface area contributed by atoms with Gasteiger partial charge in [0, 0.05) is 0 Å². The fourth-order valence-corrected chi connectivity index (χ4v) is 2.37.